The van der Waals surface area contributed by atoms with Gasteiger partial charge in [0.05, 0.1) is 22.3 Å². The van der Waals surface area contributed by atoms with Crippen molar-refractivity contribution in [2.45, 2.75) is 51.9 Å². The van der Waals surface area contributed by atoms with Gasteiger partial charge in [0.25, 0.3) is 0 Å². The van der Waals surface area contributed by atoms with Gasteiger partial charge in [0, 0.05) is 44.4 Å². The van der Waals surface area contributed by atoms with E-state index in [1.54, 1.807) is 9.80 Å². The molecule has 1 fully saturated rings. The Morgan fingerprint density at radius 2 is 1.94 bits per heavy atom. The first-order chi connectivity index (χ1) is 22.9. The fourth-order valence-corrected chi connectivity index (χ4v) is 6.33. The van der Waals surface area contributed by atoms with Gasteiger partial charge in [-0.05, 0) is 43.2 Å². The first-order valence-electron chi connectivity index (χ1n) is 15.5. The van der Waals surface area contributed by atoms with Crippen LogP contribution in [0.4, 0.5) is 14.6 Å². The number of rotatable bonds is 4. The SMILES string of the molecule is C=CC(=O)N1CCN(c2nc(=O)n3c4nc(c(F)cc24)-c2c(F)cccc2OCC(O)C(OC(C)=O)c2ccnc(C(C)C)c2-3)[C@@H](C)C1. The summed E-state index contributed by atoms with van der Waals surface area (Å²) < 4.78 is 44.5. The lowest BCUT2D eigenvalue weighted by Gasteiger charge is -2.40. The van der Waals surface area contributed by atoms with Crippen LogP contribution in [0.5, 0.6) is 5.75 Å². The fourth-order valence-electron chi connectivity index (χ4n) is 6.33. The van der Waals surface area contributed by atoms with Crippen molar-refractivity contribution < 1.29 is 33.0 Å². The Hall–Kier alpha value is -5.24. The molecule has 12 nitrogen and oxygen atoms in total. The number of esters is 1. The van der Waals surface area contributed by atoms with Gasteiger partial charge >= 0.3 is 11.7 Å². The Bertz CT molecular complexity index is 2020. The van der Waals surface area contributed by atoms with Gasteiger partial charge in [0.15, 0.2) is 17.6 Å². The molecule has 0 spiro atoms. The highest BCUT2D eigenvalue weighted by Gasteiger charge is 2.35. The lowest BCUT2D eigenvalue weighted by Crippen LogP contribution is -2.54. The number of halogens is 2. The molecule has 6 rings (SSSR count). The highest BCUT2D eigenvalue weighted by molar-refractivity contribution is 5.91. The highest BCUT2D eigenvalue weighted by Crippen LogP contribution is 2.40. The standard InChI is InChI=1S/C34H34F2N6O6/c1-6-26(45)40-12-13-41(18(4)15-40)32-21-14-23(36)29-27-22(35)8-7-9-25(27)47-16-24(44)31(48-19(5)43)20-10-11-37-28(17(2)3)30(20)42(33(21)38-29)34(46)39-32/h6-11,14,17-18,24,31,44H,1,12-13,15-16H2,2-5H3/t18-,24?,31?/m0/s1. The molecule has 3 atom stereocenters. The molecule has 4 aromatic rings. The van der Waals surface area contributed by atoms with Gasteiger partial charge in [0.2, 0.25) is 5.91 Å². The van der Waals surface area contributed by atoms with E-state index in [2.05, 4.69) is 21.5 Å². The Kier molecular flexibility index (Phi) is 8.69. The number of aliphatic hydroxyl groups is 1. The van der Waals surface area contributed by atoms with E-state index in [4.69, 9.17) is 9.47 Å². The van der Waals surface area contributed by atoms with Crippen LogP contribution in [-0.2, 0) is 14.3 Å². The topological polar surface area (TPSA) is 140 Å². The number of anilines is 1. The minimum atomic E-state index is -1.52. The third-order valence-corrected chi connectivity index (χ3v) is 8.51. The summed E-state index contributed by atoms with van der Waals surface area (Å²) in [6.45, 7) is 10.6. The van der Waals surface area contributed by atoms with Crippen molar-refractivity contribution in [3.8, 4) is 22.7 Å². The van der Waals surface area contributed by atoms with Crippen molar-refractivity contribution in [1.82, 2.24) is 24.4 Å². The van der Waals surface area contributed by atoms with Crippen LogP contribution >= 0.6 is 0 Å². The molecule has 1 N–H and O–H groups in total. The number of carbonyl (C=O) groups excluding carboxylic acids is 2. The summed E-state index contributed by atoms with van der Waals surface area (Å²) in [5.41, 5.74) is -0.966. The first-order valence-corrected chi connectivity index (χ1v) is 15.5. The highest BCUT2D eigenvalue weighted by atomic mass is 19.1. The maximum atomic E-state index is 16.3. The van der Waals surface area contributed by atoms with E-state index in [1.807, 2.05) is 20.8 Å². The van der Waals surface area contributed by atoms with Crippen molar-refractivity contribution in [3.05, 3.63) is 82.6 Å². The zero-order chi connectivity index (χ0) is 34.4. The second kappa shape index (κ2) is 12.8. The van der Waals surface area contributed by atoms with Crippen molar-refractivity contribution in [1.29, 1.82) is 0 Å². The summed E-state index contributed by atoms with van der Waals surface area (Å²) in [6, 6.07) is 6.18. The van der Waals surface area contributed by atoms with E-state index < -0.39 is 47.8 Å². The molecule has 14 heteroatoms. The Labute approximate surface area is 274 Å². The second-order valence-electron chi connectivity index (χ2n) is 12.1. The molecule has 0 radical (unpaired) electrons. The summed E-state index contributed by atoms with van der Waals surface area (Å²) in [7, 11) is 0. The van der Waals surface area contributed by atoms with Gasteiger partial charge in [-0.25, -0.2) is 23.1 Å². The Morgan fingerprint density at radius 1 is 1.17 bits per heavy atom. The van der Waals surface area contributed by atoms with Gasteiger partial charge < -0.3 is 24.4 Å². The van der Waals surface area contributed by atoms with E-state index in [9.17, 15) is 19.5 Å². The summed E-state index contributed by atoms with van der Waals surface area (Å²) >= 11 is 0. The van der Waals surface area contributed by atoms with Crippen molar-refractivity contribution in [2.75, 3.05) is 31.1 Å². The van der Waals surface area contributed by atoms with Crippen LogP contribution in [-0.4, -0.2) is 79.8 Å². The second-order valence-corrected chi connectivity index (χ2v) is 12.1. The number of pyridine rings is 2. The zero-order valence-electron chi connectivity index (χ0n) is 26.8. The molecule has 1 saturated heterocycles. The number of nitrogens with zero attached hydrogens (tertiary/aromatic N) is 6. The summed E-state index contributed by atoms with van der Waals surface area (Å²) in [5, 5.41) is 11.5. The Balaban J connectivity index is 1.73. The van der Waals surface area contributed by atoms with Gasteiger partial charge in [0.1, 0.15) is 35.8 Å². The molecule has 2 aliphatic rings. The number of fused-ring (bicyclic) bond motifs is 5. The molecule has 1 amide bonds. The van der Waals surface area contributed by atoms with E-state index in [0.29, 0.717) is 5.69 Å². The summed E-state index contributed by atoms with van der Waals surface area (Å²) in [4.78, 5) is 56.1. The summed E-state index contributed by atoms with van der Waals surface area (Å²) in [6.07, 6.45) is -0.193. The molecule has 0 saturated carbocycles. The lowest BCUT2D eigenvalue weighted by atomic mass is 9.97. The van der Waals surface area contributed by atoms with E-state index >= 15 is 8.78 Å². The van der Waals surface area contributed by atoms with Crippen LogP contribution in [0.25, 0.3) is 28.0 Å². The van der Waals surface area contributed by atoms with Crippen molar-refractivity contribution >= 4 is 28.7 Å². The number of amides is 1. The average Bonchev–Trinajstić information content (AvgIpc) is 3.05. The molecule has 2 bridgehead atoms. The maximum absolute atomic E-state index is 16.3. The third-order valence-electron chi connectivity index (χ3n) is 8.51. The number of hydrogen-bond donors (Lipinski definition) is 1. The zero-order valence-corrected chi connectivity index (χ0v) is 26.8. The predicted molar refractivity (Wildman–Crippen MR) is 172 cm³/mol. The first kappa shape index (κ1) is 32.7. The van der Waals surface area contributed by atoms with Crippen LogP contribution in [0, 0.1) is 11.6 Å². The number of ether oxygens (including phenoxy) is 2. The van der Waals surface area contributed by atoms with Gasteiger partial charge in [-0.1, -0.05) is 26.5 Å². The number of hydrogen-bond acceptors (Lipinski definition) is 10. The van der Waals surface area contributed by atoms with Crippen LogP contribution in [0.3, 0.4) is 0 Å². The molecular weight excluding hydrogens is 626 g/mol. The number of carbonyl (C=O) groups is 2. The van der Waals surface area contributed by atoms with Crippen molar-refractivity contribution in [3.63, 3.8) is 0 Å². The molecule has 2 unspecified atom stereocenters. The van der Waals surface area contributed by atoms with E-state index in [-0.39, 0.29) is 76.9 Å². The minimum absolute atomic E-state index is 0.0832. The minimum Gasteiger partial charge on any atom is -0.490 e. The Morgan fingerprint density at radius 3 is 2.62 bits per heavy atom. The normalized spacial score (nSPS) is 19.2. The van der Waals surface area contributed by atoms with Crippen LogP contribution in [0.15, 0.2) is 54.0 Å². The summed E-state index contributed by atoms with van der Waals surface area (Å²) in [5.74, 6) is -3.05. The molecule has 2 aliphatic heterocycles. The molecule has 1 aromatic carbocycles. The maximum Gasteiger partial charge on any atom is 0.355 e. The molecular formula is C34H34F2N6O6. The lowest BCUT2D eigenvalue weighted by molar-refractivity contribution is -0.154. The average molecular weight is 661 g/mol. The van der Waals surface area contributed by atoms with Gasteiger partial charge in [-0.15, -0.1) is 0 Å². The number of benzene rings is 1. The predicted octanol–water partition coefficient (Wildman–Crippen LogP) is 3.82. The third kappa shape index (κ3) is 5.65. The van der Waals surface area contributed by atoms with Gasteiger partial charge in [-0.2, -0.15) is 4.98 Å². The molecule has 3 aromatic heterocycles. The molecule has 5 heterocycles. The van der Waals surface area contributed by atoms with Crippen molar-refractivity contribution in [2.24, 2.45) is 0 Å². The number of aliphatic hydroxyl groups excluding tert-OH is 1. The van der Waals surface area contributed by atoms with Crippen LogP contribution < -0.4 is 15.3 Å². The molecule has 0 aliphatic carbocycles. The number of aromatic nitrogens is 4. The van der Waals surface area contributed by atoms with E-state index in [0.717, 1.165) is 16.7 Å². The fraction of sp³-hybridized carbons (Fsp3) is 0.353. The monoisotopic (exact) mass is 660 g/mol. The molecule has 250 valence electrons. The quantitative estimate of drug-likeness (QED) is 0.254. The molecule has 48 heavy (non-hydrogen) atoms. The van der Waals surface area contributed by atoms with Crippen LogP contribution in [0.1, 0.15) is 51.0 Å². The van der Waals surface area contributed by atoms with Crippen LogP contribution in [0.2, 0.25) is 0 Å². The van der Waals surface area contributed by atoms with E-state index in [1.165, 1.54) is 37.4 Å². The van der Waals surface area contributed by atoms with Gasteiger partial charge in [-0.3, -0.25) is 14.6 Å². The smallest absolute Gasteiger partial charge is 0.355 e. The largest absolute Gasteiger partial charge is 0.490 e. The number of piperazine rings is 1.